The van der Waals surface area contributed by atoms with Gasteiger partial charge in [-0.1, -0.05) is 102 Å². The molecule has 0 saturated heterocycles. The maximum Gasteiger partial charge on any atom is 0.0836 e. The molecule has 0 amide bonds. The number of hydrogen-bond acceptors (Lipinski definition) is 2. The van der Waals surface area contributed by atoms with E-state index < -0.39 is 0 Å². The first-order chi connectivity index (χ1) is 13.3. The van der Waals surface area contributed by atoms with E-state index in [-0.39, 0.29) is 12.2 Å². The van der Waals surface area contributed by atoms with Gasteiger partial charge < -0.3 is 9.05 Å². The molecule has 0 radical (unpaired) electrons. The van der Waals surface area contributed by atoms with Crippen molar-refractivity contribution in [2.45, 2.75) is 64.6 Å². The Morgan fingerprint density at radius 1 is 0.815 bits per heavy atom. The van der Waals surface area contributed by atoms with Gasteiger partial charge in [0, 0.05) is 18.0 Å². The minimum absolute atomic E-state index is 0.0948. The highest BCUT2D eigenvalue weighted by Crippen LogP contribution is 2.25. The van der Waals surface area contributed by atoms with E-state index in [1.807, 2.05) is 24.3 Å². The van der Waals surface area contributed by atoms with Gasteiger partial charge in [0.2, 0.25) is 0 Å². The lowest BCUT2D eigenvalue weighted by Gasteiger charge is -2.09. The Morgan fingerprint density at radius 2 is 1.44 bits per heavy atom. The smallest absolute Gasteiger partial charge is 0.0836 e. The molecule has 5 heteroatoms. The molecule has 0 spiro atoms. The fourth-order valence-electron chi connectivity index (χ4n) is 2.12. The third-order valence-electron chi connectivity index (χ3n) is 3.58. The molecule has 0 aromatic rings. The van der Waals surface area contributed by atoms with Crippen LogP contribution in [0, 0.1) is 0 Å². The van der Waals surface area contributed by atoms with Gasteiger partial charge in [-0.15, -0.1) is 0 Å². The monoisotopic (exact) mass is 426 g/mol. The SMILES string of the molecule is CC/C=C\C[C@@H](\C=C/C=C/C=C/[C@@H](C/C=C\C/C=C\CCC)OPP)OP. The number of unbranched alkanes of at least 4 members (excludes halogenated alkanes) is 1. The highest BCUT2D eigenvalue weighted by molar-refractivity contribution is 8.00. The number of hydrogen-bond donors (Lipinski definition) is 0. The van der Waals surface area contributed by atoms with Gasteiger partial charge in [-0.05, 0) is 32.1 Å². The first-order valence-electron chi connectivity index (χ1n) is 9.71. The molecule has 152 valence electrons. The normalized spacial score (nSPS) is 16.0. The molecule has 0 aromatic carbocycles. The van der Waals surface area contributed by atoms with E-state index >= 15 is 0 Å². The Hall–Kier alpha value is -0.350. The van der Waals surface area contributed by atoms with Crippen LogP contribution in [0.1, 0.15) is 52.4 Å². The summed E-state index contributed by atoms with van der Waals surface area (Å²) in [6.45, 7) is 4.33. The Labute approximate surface area is 173 Å². The molecule has 5 atom stereocenters. The predicted molar refractivity (Wildman–Crippen MR) is 131 cm³/mol. The van der Waals surface area contributed by atoms with Gasteiger partial charge in [0.25, 0.3) is 0 Å². The summed E-state index contributed by atoms with van der Waals surface area (Å²) in [5.74, 6) is 0. The minimum Gasteiger partial charge on any atom is -0.358 e. The molecule has 27 heavy (non-hydrogen) atoms. The van der Waals surface area contributed by atoms with Crippen molar-refractivity contribution < 1.29 is 9.05 Å². The maximum absolute atomic E-state index is 5.76. The molecule has 3 unspecified atom stereocenters. The van der Waals surface area contributed by atoms with Crippen LogP contribution in [0.15, 0.2) is 72.9 Å². The Kier molecular flexibility index (Phi) is 21.7. The summed E-state index contributed by atoms with van der Waals surface area (Å²) in [5, 5.41) is 0. The largest absolute Gasteiger partial charge is 0.358 e. The van der Waals surface area contributed by atoms with Crippen LogP contribution in [0.5, 0.6) is 0 Å². The van der Waals surface area contributed by atoms with Crippen molar-refractivity contribution >= 4 is 26.9 Å². The molecule has 0 aliphatic heterocycles. The predicted octanol–water partition coefficient (Wildman–Crippen LogP) is 7.65. The molecule has 0 rings (SSSR count). The summed E-state index contributed by atoms with van der Waals surface area (Å²) in [6.07, 6.45) is 31.9. The second kappa shape index (κ2) is 21.9. The van der Waals surface area contributed by atoms with Crippen molar-refractivity contribution in [3.8, 4) is 0 Å². The lowest BCUT2D eigenvalue weighted by molar-refractivity contribution is 0.296. The average molecular weight is 426 g/mol. The summed E-state index contributed by atoms with van der Waals surface area (Å²) in [5.41, 5.74) is 0. The quantitative estimate of drug-likeness (QED) is 0.143. The highest BCUT2D eigenvalue weighted by Gasteiger charge is 2.00. The molecule has 0 bridgehead atoms. The van der Waals surface area contributed by atoms with E-state index in [2.05, 4.69) is 80.9 Å². The molecular weight excluding hydrogens is 389 g/mol. The van der Waals surface area contributed by atoms with Crippen LogP contribution in [-0.4, -0.2) is 12.2 Å². The summed E-state index contributed by atoms with van der Waals surface area (Å²) < 4.78 is 11.1. The van der Waals surface area contributed by atoms with Crippen molar-refractivity contribution in [3.63, 3.8) is 0 Å². The zero-order chi connectivity index (χ0) is 20.0. The lowest BCUT2D eigenvalue weighted by Crippen LogP contribution is -2.01. The van der Waals surface area contributed by atoms with Crippen molar-refractivity contribution in [1.29, 1.82) is 0 Å². The molecule has 0 N–H and O–H groups in total. The fourth-order valence-corrected chi connectivity index (χ4v) is 3.20. The third-order valence-corrected chi connectivity index (χ3v) is 4.78. The molecule has 2 nitrogen and oxygen atoms in total. The Morgan fingerprint density at radius 3 is 2.07 bits per heavy atom. The zero-order valence-electron chi connectivity index (χ0n) is 16.8. The lowest BCUT2D eigenvalue weighted by atomic mass is 10.2. The van der Waals surface area contributed by atoms with Gasteiger partial charge in [0.05, 0.1) is 12.2 Å². The second-order valence-electron chi connectivity index (χ2n) is 5.92. The molecule has 0 aromatic heterocycles. The first kappa shape index (κ1) is 26.6. The van der Waals surface area contributed by atoms with E-state index in [4.69, 9.17) is 9.05 Å². The summed E-state index contributed by atoms with van der Waals surface area (Å²) in [7, 11) is 5.40. The molecule has 0 fully saturated rings. The second-order valence-corrected chi connectivity index (χ2v) is 7.37. The number of allylic oxidation sites excluding steroid dienone is 8. The third kappa shape index (κ3) is 18.8. The standard InChI is InChI=1S/C22H37O2P3/c1-3-5-7-8-9-10-15-19-22(24-27-26)20-16-12-11-14-18-21(23-25)17-13-6-4-2/h6-8,10-16,18,20-22,27H,3-5,9,17,19,25-26H2,1-2H3/b8-7-,12-11+,13-6-,15-10-,18-14-,20-16+/t21-,22+/m0/s1. The average Bonchev–Trinajstić information content (AvgIpc) is 2.68. The summed E-state index contributed by atoms with van der Waals surface area (Å²) in [6, 6.07) is 0. The van der Waals surface area contributed by atoms with Gasteiger partial charge in [0.1, 0.15) is 0 Å². The van der Waals surface area contributed by atoms with Crippen LogP contribution in [0.4, 0.5) is 0 Å². The van der Waals surface area contributed by atoms with Crippen LogP contribution in [-0.2, 0) is 9.05 Å². The van der Waals surface area contributed by atoms with Crippen molar-refractivity contribution in [2.75, 3.05) is 0 Å². The van der Waals surface area contributed by atoms with E-state index in [0.717, 1.165) is 32.1 Å². The number of rotatable bonds is 16. The van der Waals surface area contributed by atoms with Crippen LogP contribution < -0.4 is 0 Å². The van der Waals surface area contributed by atoms with Gasteiger partial charge in [-0.25, -0.2) is 0 Å². The fraction of sp³-hybridized carbons (Fsp3) is 0.455. The van der Waals surface area contributed by atoms with Crippen LogP contribution in [0.25, 0.3) is 0 Å². The molecule has 0 heterocycles. The molecule has 0 aliphatic carbocycles. The summed E-state index contributed by atoms with van der Waals surface area (Å²) in [4.78, 5) is 0. The van der Waals surface area contributed by atoms with E-state index in [1.165, 1.54) is 6.42 Å². The van der Waals surface area contributed by atoms with Crippen molar-refractivity contribution in [2.24, 2.45) is 0 Å². The van der Waals surface area contributed by atoms with E-state index in [1.54, 1.807) is 0 Å². The zero-order valence-corrected chi connectivity index (χ0v) is 20.1. The van der Waals surface area contributed by atoms with Crippen molar-refractivity contribution in [1.82, 2.24) is 0 Å². The Bertz CT molecular complexity index is 494. The highest BCUT2D eigenvalue weighted by atomic mass is 32.0. The first-order valence-corrected chi connectivity index (χ1v) is 12.9. The maximum atomic E-state index is 5.76. The van der Waals surface area contributed by atoms with Crippen LogP contribution in [0.2, 0.25) is 0 Å². The van der Waals surface area contributed by atoms with Gasteiger partial charge in [-0.3, -0.25) is 0 Å². The van der Waals surface area contributed by atoms with Gasteiger partial charge in [0.15, 0.2) is 0 Å². The van der Waals surface area contributed by atoms with Gasteiger partial charge >= 0.3 is 0 Å². The molecule has 0 aliphatic rings. The van der Waals surface area contributed by atoms with Crippen LogP contribution in [0.3, 0.4) is 0 Å². The van der Waals surface area contributed by atoms with Crippen LogP contribution >= 0.6 is 26.9 Å². The van der Waals surface area contributed by atoms with E-state index in [0.29, 0.717) is 8.50 Å². The topological polar surface area (TPSA) is 18.5 Å². The minimum atomic E-state index is 0.0948. The molecule has 0 saturated carbocycles. The summed E-state index contributed by atoms with van der Waals surface area (Å²) >= 11 is 0. The van der Waals surface area contributed by atoms with Gasteiger partial charge in [-0.2, -0.15) is 0 Å². The molecular formula is C22H37O2P3. The van der Waals surface area contributed by atoms with Crippen molar-refractivity contribution in [3.05, 3.63) is 72.9 Å². The Balaban J connectivity index is 4.29. The van der Waals surface area contributed by atoms with E-state index in [9.17, 15) is 0 Å².